The van der Waals surface area contributed by atoms with E-state index in [0.717, 1.165) is 5.92 Å². The zero-order valence-electron chi connectivity index (χ0n) is 16.1. The lowest BCUT2D eigenvalue weighted by atomic mass is 9.97. The molecular weight excluding hydrogens is 428 g/mol. The van der Waals surface area contributed by atoms with Gasteiger partial charge in [0.15, 0.2) is 24.4 Å². The summed E-state index contributed by atoms with van der Waals surface area (Å²) in [7, 11) is 0. The molecule has 178 valence electrons. The number of aliphatic hydroxyl groups is 4. The third-order valence-corrected chi connectivity index (χ3v) is 4.38. The average Bonchev–Trinajstić information content (AvgIpc) is 3.37. The van der Waals surface area contributed by atoms with Crippen molar-refractivity contribution in [1.82, 2.24) is 10.9 Å². The van der Waals surface area contributed by atoms with E-state index in [0.29, 0.717) is 12.5 Å². The summed E-state index contributed by atoms with van der Waals surface area (Å²) in [5.74, 6) is -6.18. The van der Waals surface area contributed by atoms with Crippen molar-refractivity contribution >= 4 is 29.8 Å². The summed E-state index contributed by atoms with van der Waals surface area (Å²) in [6.45, 7) is 0. The standard InChI is InChI=1S/C8H14N2O.2C4H6O6/c11-8-5-7(9-10-8)6-3-1-2-4-6;2*5-1(3(7)8)2(6)4(9)10/h6-7,9H,1-5H2,(H,10,11);2*1-2,5-6H,(H,7,8)(H,9,10)/t7-;2*1-,2-/m111/s1. The number of aliphatic hydroxyl groups excluding tert-OH is 4. The van der Waals surface area contributed by atoms with Crippen molar-refractivity contribution in [3.05, 3.63) is 0 Å². The number of carboxylic acids is 4. The average molecular weight is 454 g/mol. The lowest BCUT2D eigenvalue weighted by molar-refractivity contribution is -0.165. The number of carboxylic acid groups (broad SMARTS) is 4. The van der Waals surface area contributed by atoms with E-state index in [1.807, 2.05) is 0 Å². The highest BCUT2D eigenvalue weighted by Gasteiger charge is 2.31. The smallest absolute Gasteiger partial charge is 0.335 e. The Kier molecular flexibility index (Phi) is 12.2. The highest BCUT2D eigenvalue weighted by Crippen LogP contribution is 2.29. The molecule has 0 spiro atoms. The molecule has 0 aromatic carbocycles. The minimum atomic E-state index is -2.27. The molecule has 1 amide bonds. The molecule has 1 saturated carbocycles. The molecule has 15 nitrogen and oxygen atoms in total. The van der Waals surface area contributed by atoms with Gasteiger partial charge in [0.2, 0.25) is 5.91 Å². The molecule has 0 bridgehead atoms. The van der Waals surface area contributed by atoms with Gasteiger partial charge in [-0.2, -0.15) is 0 Å². The molecule has 5 atom stereocenters. The Morgan fingerprint density at radius 3 is 1.26 bits per heavy atom. The summed E-state index contributed by atoms with van der Waals surface area (Å²) in [6, 6.07) is 0.421. The van der Waals surface area contributed by atoms with Crippen molar-refractivity contribution in [1.29, 1.82) is 0 Å². The maximum atomic E-state index is 10.8. The van der Waals surface area contributed by atoms with Gasteiger partial charge < -0.3 is 40.9 Å². The summed E-state index contributed by atoms with van der Waals surface area (Å²) in [6.07, 6.45) is -3.09. The second-order valence-electron chi connectivity index (χ2n) is 6.68. The fourth-order valence-electron chi connectivity index (χ4n) is 2.66. The summed E-state index contributed by atoms with van der Waals surface area (Å²) in [5.41, 5.74) is 5.71. The van der Waals surface area contributed by atoms with Crippen LogP contribution in [0.1, 0.15) is 32.1 Å². The second-order valence-corrected chi connectivity index (χ2v) is 6.68. The number of hydrazine groups is 1. The topological polar surface area (TPSA) is 271 Å². The van der Waals surface area contributed by atoms with Crippen LogP contribution in [-0.4, -0.2) is 101 Å². The van der Waals surface area contributed by atoms with E-state index in [9.17, 15) is 24.0 Å². The number of hydrogen-bond acceptors (Lipinski definition) is 10. The summed E-state index contributed by atoms with van der Waals surface area (Å²) in [4.78, 5) is 49.9. The van der Waals surface area contributed by atoms with Gasteiger partial charge >= 0.3 is 23.9 Å². The highest BCUT2D eigenvalue weighted by molar-refractivity contribution is 5.83. The van der Waals surface area contributed by atoms with Crippen molar-refractivity contribution in [3.63, 3.8) is 0 Å². The molecule has 1 aliphatic carbocycles. The van der Waals surface area contributed by atoms with Gasteiger partial charge in [-0.3, -0.25) is 10.2 Å². The van der Waals surface area contributed by atoms with Crippen molar-refractivity contribution < 1.29 is 64.8 Å². The molecule has 0 unspecified atom stereocenters. The number of carbonyl (C=O) groups is 5. The minimum Gasteiger partial charge on any atom is -0.479 e. The third-order valence-electron chi connectivity index (χ3n) is 4.38. The Morgan fingerprint density at radius 1 is 0.710 bits per heavy atom. The van der Waals surface area contributed by atoms with Gasteiger partial charge in [0, 0.05) is 12.5 Å². The van der Waals surface area contributed by atoms with Crippen LogP contribution in [0.2, 0.25) is 0 Å². The van der Waals surface area contributed by atoms with Crippen LogP contribution in [0.25, 0.3) is 0 Å². The number of aliphatic carboxylic acids is 4. The Bertz CT molecular complexity index is 577. The first-order valence-corrected chi connectivity index (χ1v) is 8.97. The molecule has 10 N–H and O–H groups in total. The van der Waals surface area contributed by atoms with E-state index < -0.39 is 48.3 Å². The zero-order valence-corrected chi connectivity index (χ0v) is 16.1. The first-order chi connectivity index (χ1) is 14.3. The van der Waals surface area contributed by atoms with E-state index in [-0.39, 0.29) is 5.91 Å². The van der Waals surface area contributed by atoms with Crippen LogP contribution >= 0.6 is 0 Å². The van der Waals surface area contributed by atoms with Crippen LogP contribution in [0.4, 0.5) is 0 Å². The zero-order chi connectivity index (χ0) is 24.3. The Morgan fingerprint density at radius 2 is 1.03 bits per heavy atom. The number of amides is 1. The molecule has 1 aliphatic heterocycles. The molecular formula is C16H26N2O13. The lowest BCUT2D eigenvalue weighted by Gasteiger charge is -2.15. The van der Waals surface area contributed by atoms with Gasteiger partial charge in [0.25, 0.3) is 0 Å². The predicted octanol–water partition coefficient (Wildman–Crippen LogP) is -3.68. The molecule has 2 rings (SSSR count). The summed E-state index contributed by atoms with van der Waals surface area (Å²) < 4.78 is 0. The van der Waals surface area contributed by atoms with Gasteiger partial charge in [0.1, 0.15) is 0 Å². The first-order valence-electron chi connectivity index (χ1n) is 8.97. The highest BCUT2D eigenvalue weighted by atomic mass is 16.4. The van der Waals surface area contributed by atoms with Gasteiger partial charge in [-0.1, -0.05) is 12.8 Å². The Labute approximate surface area is 174 Å². The second kappa shape index (κ2) is 13.5. The monoisotopic (exact) mass is 454 g/mol. The molecule has 0 aromatic heterocycles. The maximum absolute atomic E-state index is 10.8. The fourth-order valence-corrected chi connectivity index (χ4v) is 2.66. The van der Waals surface area contributed by atoms with Crippen LogP contribution in [0, 0.1) is 5.92 Å². The summed E-state index contributed by atoms with van der Waals surface area (Å²) in [5, 5.41) is 65.1. The molecule has 1 heterocycles. The largest absolute Gasteiger partial charge is 0.479 e. The first kappa shape index (κ1) is 28.1. The molecule has 0 radical (unpaired) electrons. The van der Waals surface area contributed by atoms with E-state index >= 15 is 0 Å². The number of carbonyl (C=O) groups excluding carboxylic acids is 1. The molecule has 1 saturated heterocycles. The Hall–Kier alpha value is -2.85. The number of hydrogen-bond donors (Lipinski definition) is 10. The molecule has 2 aliphatic rings. The molecule has 15 heteroatoms. The molecule has 31 heavy (non-hydrogen) atoms. The van der Waals surface area contributed by atoms with E-state index in [1.54, 1.807) is 0 Å². The van der Waals surface area contributed by atoms with E-state index in [4.69, 9.17) is 40.9 Å². The lowest BCUT2D eigenvalue weighted by Crippen LogP contribution is -2.39. The third kappa shape index (κ3) is 10.1. The van der Waals surface area contributed by atoms with E-state index in [1.165, 1.54) is 25.7 Å². The normalized spacial score (nSPS) is 21.8. The minimum absolute atomic E-state index is 0.155. The van der Waals surface area contributed by atoms with Gasteiger partial charge in [-0.25, -0.2) is 24.6 Å². The maximum Gasteiger partial charge on any atom is 0.335 e. The van der Waals surface area contributed by atoms with E-state index in [2.05, 4.69) is 10.9 Å². The van der Waals surface area contributed by atoms with Gasteiger partial charge in [0.05, 0.1) is 0 Å². The van der Waals surface area contributed by atoms with Gasteiger partial charge in [-0.05, 0) is 18.8 Å². The van der Waals surface area contributed by atoms with Gasteiger partial charge in [-0.15, -0.1) is 0 Å². The number of nitrogens with one attached hydrogen (secondary N) is 2. The SMILES string of the molecule is O=C(O)[C@H](O)[C@@H](O)C(=O)O.O=C(O)[C@H](O)[C@@H](O)C(=O)O.O=C1C[C@H](C2CCCC2)NN1. The van der Waals surface area contributed by atoms with Crippen LogP contribution in [-0.2, 0) is 24.0 Å². The van der Waals surface area contributed by atoms with Crippen LogP contribution in [0.5, 0.6) is 0 Å². The fraction of sp³-hybridized carbons (Fsp3) is 0.688. The molecule has 0 aromatic rings. The molecule has 2 fully saturated rings. The van der Waals surface area contributed by atoms with Crippen molar-refractivity contribution in [3.8, 4) is 0 Å². The van der Waals surface area contributed by atoms with Crippen molar-refractivity contribution in [2.45, 2.75) is 62.6 Å². The van der Waals surface area contributed by atoms with Crippen LogP contribution in [0.3, 0.4) is 0 Å². The van der Waals surface area contributed by atoms with Crippen LogP contribution in [0.15, 0.2) is 0 Å². The predicted molar refractivity (Wildman–Crippen MR) is 96.2 cm³/mol. The summed E-state index contributed by atoms with van der Waals surface area (Å²) >= 11 is 0. The van der Waals surface area contributed by atoms with Crippen molar-refractivity contribution in [2.75, 3.05) is 0 Å². The van der Waals surface area contributed by atoms with Crippen LogP contribution < -0.4 is 10.9 Å². The van der Waals surface area contributed by atoms with Crippen molar-refractivity contribution in [2.24, 2.45) is 5.92 Å². The Balaban J connectivity index is 0.000000437. The quantitative estimate of drug-likeness (QED) is 0.177. The number of rotatable bonds is 7.